The summed E-state index contributed by atoms with van der Waals surface area (Å²) in [6.45, 7) is 25.1. The number of rotatable bonds is 27. The van der Waals surface area contributed by atoms with E-state index < -0.39 is 216 Å². The number of nitrogens with two attached hydrogens (primary N) is 1. The monoisotopic (exact) mass is 1440 g/mol. The molecule has 1 aliphatic heterocycles. The number of aliphatic hydroxyl groups excluding tert-OH is 2. The van der Waals surface area contributed by atoms with Gasteiger partial charge in [0.25, 0.3) is 0 Å². The maximum atomic E-state index is 15.2. The number of Topliss-reactive ketones (excluding diaryl/α,β-unsaturated/α-hetero) is 3. The third kappa shape index (κ3) is 36.4. The molecular formula is C70H116N12O20. The van der Waals surface area contributed by atoms with Gasteiger partial charge in [-0.15, -0.1) is 0 Å². The fraction of sp³-hybridized carbons (Fsp3) is 0.714. The predicted molar refractivity (Wildman–Crippen MR) is 375 cm³/mol. The lowest BCUT2D eigenvalue weighted by Crippen LogP contribution is -2.59. The number of alkyl carbamates (subject to hydrolysis) is 4. The van der Waals surface area contributed by atoms with Gasteiger partial charge in [0.1, 0.15) is 52.4 Å². The first-order valence-electron chi connectivity index (χ1n) is 34.9. The van der Waals surface area contributed by atoms with E-state index in [0.29, 0.717) is 5.56 Å². The average Bonchev–Trinajstić information content (AvgIpc) is 0.970. The van der Waals surface area contributed by atoms with Gasteiger partial charge in [0, 0.05) is 70.2 Å². The van der Waals surface area contributed by atoms with Crippen LogP contribution in [-0.4, -0.2) is 203 Å². The van der Waals surface area contributed by atoms with E-state index in [1.165, 1.54) is 13.8 Å². The molecule has 0 bridgehead atoms. The molecular weight excluding hydrogens is 1330 g/mol. The number of amides is 11. The van der Waals surface area contributed by atoms with Crippen molar-refractivity contribution >= 4 is 83.1 Å². The lowest BCUT2D eigenvalue weighted by atomic mass is 9.90. The fourth-order valence-corrected chi connectivity index (χ4v) is 10.3. The summed E-state index contributed by atoms with van der Waals surface area (Å²) in [6, 6.07) is -2.27. The Morgan fingerprint density at radius 2 is 0.990 bits per heavy atom. The van der Waals surface area contributed by atoms with Gasteiger partial charge in [0.2, 0.25) is 41.4 Å². The molecule has 1 saturated heterocycles. The number of carbonyl (C=O) groups is 14. The van der Waals surface area contributed by atoms with Crippen LogP contribution in [0.3, 0.4) is 0 Å². The fourth-order valence-electron chi connectivity index (χ4n) is 10.3. The molecule has 0 spiro atoms. The van der Waals surface area contributed by atoms with E-state index in [2.05, 4.69) is 58.5 Å². The summed E-state index contributed by atoms with van der Waals surface area (Å²) < 4.78 is 21.6. The quantitative estimate of drug-likeness (QED) is 0.0563. The summed E-state index contributed by atoms with van der Waals surface area (Å²) in [5.74, 6) is -14.0. The second-order valence-corrected chi connectivity index (χ2v) is 30.1. The number of ether oxygens (including phenoxy) is 4. The number of hydrogen-bond donors (Lipinski definition) is 14. The zero-order valence-corrected chi connectivity index (χ0v) is 62.5. The van der Waals surface area contributed by atoms with Crippen molar-refractivity contribution in [2.45, 2.75) is 265 Å². The van der Waals surface area contributed by atoms with Crippen LogP contribution in [0.2, 0.25) is 0 Å². The maximum absolute atomic E-state index is 15.2. The van der Waals surface area contributed by atoms with E-state index >= 15 is 9.59 Å². The van der Waals surface area contributed by atoms with Crippen LogP contribution in [0.25, 0.3) is 0 Å². The number of ketones is 3. The predicted octanol–water partition coefficient (Wildman–Crippen LogP) is 2.59. The molecule has 32 nitrogen and oxygen atoms in total. The van der Waals surface area contributed by atoms with Crippen LogP contribution in [0.5, 0.6) is 0 Å². The minimum atomic E-state index is -1.81. The molecule has 12 atom stereocenters. The minimum Gasteiger partial charge on any atom is -0.444 e. The van der Waals surface area contributed by atoms with Gasteiger partial charge < -0.3 is 93.4 Å². The van der Waals surface area contributed by atoms with Crippen molar-refractivity contribution in [1.29, 1.82) is 0 Å². The molecule has 576 valence electrons. The van der Waals surface area contributed by atoms with Gasteiger partial charge in [-0.1, -0.05) is 51.1 Å². The highest BCUT2D eigenvalue weighted by Gasteiger charge is 2.39. The van der Waals surface area contributed by atoms with Crippen LogP contribution >= 0.6 is 0 Å². The van der Waals surface area contributed by atoms with E-state index in [0.717, 1.165) is 0 Å². The SMILES string of the molecule is CC[C@H](N)C(=O)C[C@H](C(=O)N[C@@H](CCNC(=O)OC(C)(C)C)C(=O)C[C@H]1CCNC(=O)[C@H](C(C)O)NC(=O)[C@H](CCNC(=O)OC(C)(C)C)CC(=O)[C@H](CCNC(=O)OC(C)(C)C)NC(=O)[C@H](CC(C)C)NC(=O)[C@@H](Cc2ccccc2)NC(=O)[C@H](CCNC(=O)OC(C)(C)C)NC1=O)C(C)O. The van der Waals surface area contributed by atoms with E-state index in [9.17, 15) is 67.7 Å². The Morgan fingerprint density at radius 3 is 1.47 bits per heavy atom. The van der Waals surface area contributed by atoms with Gasteiger partial charge in [-0.2, -0.15) is 0 Å². The molecule has 1 aromatic rings. The molecule has 11 amide bonds. The molecule has 1 aliphatic rings. The van der Waals surface area contributed by atoms with Gasteiger partial charge in [-0.3, -0.25) is 47.9 Å². The number of aliphatic hydroxyl groups is 2. The molecule has 102 heavy (non-hydrogen) atoms. The number of hydrogen-bond acceptors (Lipinski definition) is 21. The van der Waals surface area contributed by atoms with E-state index in [1.54, 1.807) is 134 Å². The van der Waals surface area contributed by atoms with Crippen LogP contribution in [0.4, 0.5) is 19.2 Å². The van der Waals surface area contributed by atoms with Crippen molar-refractivity contribution in [2.24, 2.45) is 29.4 Å². The number of carbonyl (C=O) groups excluding carboxylic acids is 14. The second-order valence-electron chi connectivity index (χ2n) is 30.1. The van der Waals surface area contributed by atoms with E-state index in [4.69, 9.17) is 24.7 Å². The number of nitrogens with one attached hydrogen (secondary N) is 11. The zero-order chi connectivity index (χ0) is 77.6. The molecule has 0 aliphatic carbocycles. The highest BCUT2D eigenvalue weighted by Crippen LogP contribution is 2.21. The topological polar surface area (TPSA) is 475 Å². The second kappa shape index (κ2) is 42.2. The molecule has 1 aromatic carbocycles. The molecule has 0 aromatic heterocycles. The molecule has 1 heterocycles. The largest absolute Gasteiger partial charge is 0.444 e. The Morgan fingerprint density at radius 1 is 0.549 bits per heavy atom. The van der Waals surface area contributed by atoms with Crippen LogP contribution in [0.1, 0.15) is 187 Å². The summed E-state index contributed by atoms with van der Waals surface area (Å²) in [5.41, 5.74) is 2.67. The first-order valence-corrected chi connectivity index (χ1v) is 34.9. The molecule has 15 N–H and O–H groups in total. The minimum absolute atomic E-state index is 0.0702. The summed E-state index contributed by atoms with van der Waals surface area (Å²) in [5, 5.41) is 50.5. The highest BCUT2D eigenvalue weighted by molar-refractivity contribution is 5.99. The van der Waals surface area contributed by atoms with Crippen molar-refractivity contribution in [3.63, 3.8) is 0 Å². The first-order chi connectivity index (χ1) is 47.2. The average molecular weight is 1450 g/mol. The van der Waals surface area contributed by atoms with Gasteiger partial charge in [0.15, 0.2) is 11.6 Å². The van der Waals surface area contributed by atoms with Crippen molar-refractivity contribution < 1.29 is 96.3 Å². The van der Waals surface area contributed by atoms with Gasteiger partial charge in [-0.05, 0) is 153 Å². The third-order valence-electron chi connectivity index (χ3n) is 15.4. The molecule has 2 unspecified atom stereocenters. The first kappa shape index (κ1) is 89.6. The molecule has 0 radical (unpaired) electrons. The third-order valence-corrected chi connectivity index (χ3v) is 15.4. The summed E-state index contributed by atoms with van der Waals surface area (Å²) in [7, 11) is 0. The maximum Gasteiger partial charge on any atom is 0.407 e. The Kier molecular flexibility index (Phi) is 37.0. The summed E-state index contributed by atoms with van der Waals surface area (Å²) >= 11 is 0. The zero-order valence-electron chi connectivity index (χ0n) is 62.5. The Balaban J connectivity index is 3.08. The number of benzene rings is 1. The van der Waals surface area contributed by atoms with Crippen LogP contribution in [-0.2, 0) is 73.3 Å². The summed E-state index contributed by atoms with van der Waals surface area (Å²) in [6.07, 6.45) is -10.8. The Labute approximate surface area is 598 Å². The highest BCUT2D eigenvalue weighted by atomic mass is 16.6. The van der Waals surface area contributed by atoms with Crippen LogP contribution < -0.4 is 64.2 Å². The van der Waals surface area contributed by atoms with Gasteiger partial charge in [0.05, 0.1) is 36.3 Å². The molecule has 32 heteroatoms. The van der Waals surface area contributed by atoms with Crippen LogP contribution in [0, 0.1) is 23.7 Å². The van der Waals surface area contributed by atoms with Crippen molar-refractivity contribution in [2.75, 3.05) is 32.7 Å². The van der Waals surface area contributed by atoms with E-state index in [-0.39, 0.29) is 70.6 Å². The molecule has 1 fully saturated rings. The van der Waals surface area contributed by atoms with Crippen molar-refractivity contribution in [1.82, 2.24) is 58.5 Å². The van der Waals surface area contributed by atoms with E-state index in [1.807, 2.05) is 0 Å². The van der Waals surface area contributed by atoms with Crippen molar-refractivity contribution in [3.05, 3.63) is 35.9 Å². The van der Waals surface area contributed by atoms with Crippen molar-refractivity contribution in [3.8, 4) is 0 Å². The Bertz CT molecular complexity index is 2990. The normalized spacial score (nSPS) is 21.2. The standard InChI is InChI=1S/C70H116N12O20/c1-18-46(71)52(85)38-45(40(4)83)58(90)77-47(26-31-74-64(96)100-68(9,10)11)53(86)36-43-24-29-72-62(94)55(41(5)84)82-57(89)44(25-30-73-63(95)99-67(6,7)8)37-54(87)48(27-32-75-65(97)101-69(12,13)14)78-60(92)50(34-39(2)3)80-61(93)51(35-42-22-20-19-21-23-42)81-59(91)49(79-56(43)88)28-33-76-66(98)102-70(15,16)17/h19-23,39-41,43-51,55,83-84H,18,24-38,71H2,1-17H3,(H,72,94)(H,73,95)(H,74,96)(H,75,97)(H,76,98)(H,77,90)(H,78,92)(H,79,88)(H,80,93)(H,81,91)(H,82,89)/t40?,41?,43-,44-,45+,46+,47+,48+,49+,50+,51-,55+/m1/s1. The molecule has 0 saturated carbocycles. The Hall–Kier alpha value is -8.52. The molecule has 2 rings (SSSR count). The van der Waals surface area contributed by atoms with Gasteiger partial charge in [-0.25, -0.2) is 19.2 Å². The lowest BCUT2D eigenvalue weighted by molar-refractivity contribution is -0.137. The smallest absolute Gasteiger partial charge is 0.407 e. The van der Waals surface area contributed by atoms with Crippen LogP contribution in [0.15, 0.2) is 30.3 Å². The van der Waals surface area contributed by atoms with Gasteiger partial charge >= 0.3 is 24.4 Å². The lowest BCUT2D eigenvalue weighted by Gasteiger charge is -2.28. The summed E-state index contributed by atoms with van der Waals surface area (Å²) in [4.78, 5) is 198.